The summed E-state index contributed by atoms with van der Waals surface area (Å²) in [6.45, 7) is 18.6. The minimum absolute atomic E-state index is 0.00694. The maximum atomic E-state index is 6.86. The molecule has 0 aromatic rings. The van der Waals surface area contributed by atoms with Gasteiger partial charge in [0.15, 0.2) is 0 Å². The standard InChI is InChI=1S/C12H26Cl2GeN2/c1-10(2,3)16-9-12(7,8)17(11(4,5)6)15(16,13)14/h9H2,1-8H3. The molecular weight excluding hydrogens is 316 g/mol. The number of rotatable bonds is 0. The molecule has 0 aromatic carbocycles. The second kappa shape index (κ2) is 4.27. The van der Waals surface area contributed by atoms with Crippen LogP contribution >= 0.6 is 20.0 Å². The van der Waals surface area contributed by atoms with Gasteiger partial charge in [0, 0.05) is 0 Å². The molecule has 1 aliphatic rings. The number of nitrogens with zero attached hydrogens (tertiary/aromatic N) is 2. The zero-order valence-corrected chi connectivity index (χ0v) is 16.0. The minimum atomic E-state index is -3.17. The molecule has 102 valence electrons. The van der Waals surface area contributed by atoms with Gasteiger partial charge >= 0.3 is 118 Å². The monoisotopic (exact) mass is 342 g/mol. The molecule has 1 aliphatic heterocycles. The molecule has 1 fully saturated rings. The summed E-state index contributed by atoms with van der Waals surface area (Å²) >= 11 is -3.17. The first-order valence-corrected chi connectivity index (χ1v) is 13.6. The fraction of sp³-hybridized carbons (Fsp3) is 1.00. The van der Waals surface area contributed by atoms with E-state index >= 15 is 0 Å². The Kier molecular flexibility index (Phi) is 4.05. The van der Waals surface area contributed by atoms with Gasteiger partial charge < -0.3 is 0 Å². The van der Waals surface area contributed by atoms with E-state index in [9.17, 15) is 0 Å². The zero-order valence-electron chi connectivity index (χ0n) is 12.4. The summed E-state index contributed by atoms with van der Waals surface area (Å²) in [6, 6.07) is 0. The van der Waals surface area contributed by atoms with Crippen molar-refractivity contribution in [3.8, 4) is 0 Å². The molecule has 1 saturated heterocycles. The zero-order chi connectivity index (χ0) is 13.9. The van der Waals surface area contributed by atoms with E-state index in [-0.39, 0.29) is 16.6 Å². The predicted molar refractivity (Wildman–Crippen MR) is 79.6 cm³/mol. The van der Waals surface area contributed by atoms with Gasteiger partial charge in [-0.15, -0.1) is 0 Å². The van der Waals surface area contributed by atoms with E-state index in [4.69, 9.17) is 20.0 Å². The quantitative estimate of drug-likeness (QED) is 0.617. The normalized spacial score (nSPS) is 26.5. The van der Waals surface area contributed by atoms with Crippen LogP contribution in [-0.4, -0.2) is 42.7 Å². The van der Waals surface area contributed by atoms with Crippen LogP contribution in [0.25, 0.3) is 0 Å². The molecule has 0 aliphatic carbocycles. The van der Waals surface area contributed by atoms with E-state index in [0.29, 0.717) is 0 Å². The van der Waals surface area contributed by atoms with E-state index in [1.165, 1.54) is 0 Å². The molecule has 0 aromatic heterocycles. The van der Waals surface area contributed by atoms with Gasteiger partial charge in [0.2, 0.25) is 0 Å². The summed E-state index contributed by atoms with van der Waals surface area (Å²) in [6.07, 6.45) is 0. The molecule has 17 heavy (non-hydrogen) atoms. The summed E-state index contributed by atoms with van der Waals surface area (Å²) < 4.78 is 4.73. The van der Waals surface area contributed by atoms with E-state index < -0.39 is 11.9 Å². The van der Waals surface area contributed by atoms with Gasteiger partial charge in [-0.1, -0.05) is 0 Å². The SMILES string of the molecule is CC(C)(C)[N]1CC(C)(C)[N](C(C)(C)C)[Ge]1([Cl])[Cl]. The van der Waals surface area contributed by atoms with E-state index in [2.05, 4.69) is 63.1 Å². The van der Waals surface area contributed by atoms with Crippen LogP contribution in [-0.2, 0) is 0 Å². The van der Waals surface area contributed by atoms with Gasteiger partial charge in [-0.25, -0.2) is 0 Å². The van der Waals surface area contributed by atoms with Crippen LogP contribution < -0.4 is 0 Å². The Morgan fingerprint density at radius 2 is 1.35 bits per heavy atom. The van der Waals surface area contributed by atoms with Gasteiger partial charge in [0.05, 0.1) is 0 Å². The Balaban J connectivity index is 3.24. The van der Waals surface area contributed by atoms with Crippen molar-refractivity contribution in [2.24, 2.45) is 0 Å². The van der Waals surface area contributed by atoms with Crippen LogP contribution in [0.4, 0.5) is 0 Å². The maximum absolute atomic E-state index is 6.86. The Bertz CT molecular complexity index is 303. The molecule has 0 amide bonds. The summed E-state index contributed by atoms with van der Waals surface area (Å²) in [5, 5.41) is 0. The summed E-state index contributed by atoms with van der Waals surface area (Å²) in [4.78, 5) is 0. The van der Waals surface area contributed by atoms with Crippen molar-refractivity contribution in [1.82, 2.24) is 7.71 Å². The Labute approximate surface area is 118 Å². The Morgan fingerprint density at radius 3 is 1.53 bits per heavy atom. The Morgan fingerprint density at radius 1 is 0.941 bits per heavy atom. The summed E-state index contributed by atoms with van der Waals surface area (Å²) in [5.74, 6) is 0. The van der Waals surface area contributed by atoms with Crippen molar-refractivity contribution in [2.45, 2.75) is 72.0 Å². The second-order valence-electron chi connectivity index (χ2n) is 7.59. The van der Waals surface area contributed by atoms with Crippen LogP contribution in [0.1, 0.15) is 55.4 Å². The molecular formula is C12H26Cl2GeN2. The average molecular weight is 342 g/mol. The van der Waals surface area contributed by atoms with Crippen molar-refractivity contribution in [3.05, 3.63) is 0 Å². The first-order valence-electron chi connectivity index (χ1n) is 6.17. The van der Waals surface area contributed by atoms with E-state index in [1.54, 1.807) is 0 Å². The van der Waals surface area contributed by atoms with E-state index in [1.807, 2.05) is 0 Å². The van der Waals surface area contributed by atoms with Gasteiger partial charge in [0.25, 0.3) is 0 Å². The van der Waals surface area contributed by atoms with Gasteiger partial charge in [-0.3, -0.25) is 0 Å². The van der Waals surface area contributed by atoms with Gasteiger partial charge in [-0.05, 0) is 0 Å². The first-order chi connectivity index (χ1) is 7.21. The molecule has 0 atom stereocenters. The molecule has 1 rings (SSSR count). The molecule has 0 spiro atoms. The van der Waals surface area contributed by atoms with Crippen molar-refractivity contribution in [1.29, 1.82) is 0 Å². The van der Waals surface area contributed by atoms with Gasteiger partial charge in [0.1, 0.15) is 0 Å². The van der Waals surface area contributed by atoms with Crippen molar-refractivity contribution in [2.75, 3.05) is 6.54 Å². The third kappa shape index (κ3) is 2.97. The number of hydrogen-bond acceptors (Lipinski definition) is 2. The molecule has 5 heteroatoms. The van der Waals surface area contributed by atoms with Crippen LogP contribution in [0.15, 0.2) is 0 Å². The van der Waals surface area contributed by atoms with Crippen molar-refractivity contribution >= 4 is 31.9 Å². The van der Waals surface area contributed by atoms with Crippen LogP contribution in [0.3, 0.4) is 0 Å². The second-order valence-corrected chi connectivity index (χ2v) is 18.3. The Hall–Kier alpha value is 1.04. The number of halogens is 2. The van der Waals surface area contributed by atoms with Gasteiger partial charge in [-0.2, -0.15) is 0 Å². The van der Waals surface area contributed by atoms with Crippen molar-refractivity contribution < 1.29 is 0 Å². The number of hydrogen-bond donors (Lipinski definition) is 0. The topological polar surface area (TPSA) is 6.48 Å². The molecule has 0 bridgehead atoms. The first kappa shape index (κ1) is 16.1. The fourth-order valence-corrected chi connectivity index (χ4v) is 18.0. The molecule has 0 N–H and O–H groups in total. The third-order valence-electron chi connectivity index (χ3n) is 3.22. The summed E-state index contributed by atoms with van der Waals surface area (Å²) in [5.41, 5.74) is 0.0722. The van der Waals surface area contributed by atoms with Crippen LogP contribution in [0, 0.1) is 0 Å². The molecule has 2 nitrogen and oxygen atoms in total. The van der Waals surface area contributed by atoms with Crippen LogP contribution in [0.5, 0.6) is 0 Å². The van der Waals surface area contributed by atoms with Crippen molar-refractivity contribution in [3.63, 3.8) is 0 Å². The third-order valence-corrected chi connectivity index (χ3v) is 14.0. The van der Waals surface area contributed by atoms with Crippen LogP contribution in [0.2, 0.25) is 0 Å². The van der Waals surface area contributed by atoms with E-state index in [0.717, 1.165) is 6.54 Å². The average Bonchev–Trinajstić information content (AvgIpc) is 2.12. The predicted octanol–water partition coefficient (Wildman–Crippen LogP) is 3.89. The molecule has 0 unspecified atom stereocenters. The molecule has 0 radical (unpaired) electrons. The molecule has 0 saturated carbocycles. The summed E-state index contributed by atoms with van der Waals surface area (Å²) in [7, 11) is 13.7. The molecule has 1 heterocycles. The fourth-order valence-electron chi connectivity index (χ4n) is 2.99.